The Kier molecular flexibility index (Phi) is 7.98. The Morgan fingerprint density at radius 2 is 1.78 bits per heavy atom. The summed E-state index contributed by atoms with van der Waals surface area (Å²) in [5.41, 5.74) is 3.12. The van der Waals surface area contributed by atoms with E-state index in [1.54, 1.807) is 36.4 Å². The number of aryl methyl sites for hydroxylation is 1. The van der Waals surface area contributed by atoms with Gasteiger partial charge in [0.05, 0.1) is 9.50 Å². The fourth-order valence-electron chi connectivity index (χ4n) is 3.40. The van der Waals surface area contributed by atoms with E-state index in [-0.39, 0.29) is 12.3 Å². The third-order valence-electron chi connectivity index (χ3n) is 5.23. The molecule has 3 aromatic carbocycles. The monoisotopic (exact) mass is 587 g/mol. The van der Waals surface area contributed by atoms with Crippen molar-refractivity contribution in [2.45, 2.75) is 13.5 Å². The molecule has 0 spiro atoms. The molecule has 10 heteroatoms. The van der Waals surface area contributed by atoms with E-state index in [2.05, 4.69) is 26.6 Å². The van der Waals surface area contributed by atoms with Crippen LogP contribution in [-0.4, -0.2) is 29.3 Å². The molecular weight excluding hydrogens is 569 g/mol. The summed E-state index contributed by atoms with van der Waals surface area (Å²) in [7, 11) is 0. The minimum absolute atomic E-state index is 0.0286. The lowest BCUT2D eigenvalue weighted by Gasteiger charge is -2.12. The van der Waals surface area contributed by atoms with E-state index >= 15 is 0 Å². The molecule has 1 heterocycles. The second-order valence-electron chi connectivity index (χ2n) is 8.02. The number of anilines is 1. The van der Waals surface area contributed by atoms with Gasteiger partial charge in [-0.1, -0.05) is 53.0 Å². The second kappa shape index (κ2) is 11.2. The molecule has 4 rings (SSSR count). The molecule has 184 valence electrons. The molecule has 0 unspecified atom stereocenters. The molecule has 0 atom stereocenters. The quantitative estimate of drug-likeness (QED) is 0.255. The van der Waals surface area contributed by atoms with E-state index in [9.17, 15) is 14.4 Å². The maximum absolute atomic E-state index is 12.8. The lowest BCUT2D eigenvalue weighted by molar-refractivity contribution is -0.127. The van der Waals surface area contributed by atoms with Crippen LogP contribution in [0.25, 0.3) is 6.08 Å². The maximum atomic E-state index is 12.8. The van der Waals surface area contributed by atoms with Crippen molar-refractivity contribution >= 4 is 68.7 Å². The highest BCUT2D eigenvalue weighted by Gasteiger charge is 2.35. The van der Waals surface area contributed by atoms with Gasteiger partial charge in [-0.3, -0.25) is 9.59 Å². The van der Waals surface area contributed by atoms with Gasteiger partial charge in [-0.05, 0) is 76.5 Å². The van der Waals surface area contributed by atoms with Gasteiger partial charge in [-0.25, -0.2) is 9.69 Å². The van der Waals surface area contributed by atoms with Gasteiger partial charge in [0.15, 0.2) is 5.75 Å². The number of halogens is 3. The first-order chi connectivity index (χ1) is 17.2. The highest BCUT2D eigenvalue weighted by molar-refractivity contribution is 9.10. The first-order valence-electron chi connectivity index (χ1n) is 10.8. The third-order valence-corrected chi connectivity index (χ3v) is 6.35. The number of nitrogens with zero attached hydrogens (tertiary/aromatic N) is 1. The Hall–Kier alpha value is -3.33. The molecule has 7 nitrogen and oxygen atoms in total. The number of hydrogen-bond donors (Lipinski definition) is 2. The number of nitrogens with one attached hydrogen (secondary N) is 2. The number of amides is 4. The fraction of sp³-hybridized carbons (Fsp3) is 0.115. The van der Waals surface area contributed by atoms with Gasteiger partial charge in [0, 0.05) is 10.7 Å². The largest absolute Gasteiger partial charge is 0.486 e. The van der Waals surface area contributed by atoms with Crippen LogP contribution < -0.4 is 15.4 Å². The average Bonchev–Trinajstić information content (AvgIpc) is 3.08. The van der Waals surface area contributed by atoms with E-state index in [0.29, 0.717) is 31.5 Å². The number of imide groups is 1. The molecule has 0 aliphatic carbocycles. The van der Waals surface area contributed by atoms with Crippen molar-refractivity contribution in [2.24, 2.45) is 0 Å². The number of rotatable bonds is 7. The Bertz CT molecular complexity index is 1340. The van der Waals surface area contributed by atoms with Gasteiger partial charge in [0.25, 0.3) is 5.91 Å². The average molecular weight is 589 g/mol. The van der Waals surface area contributed by atoms with Gasteiger partial charge in [0.2, 0.25) is 5.91 Å². The highest BCUT2D eigenvalue weighted by Crippen LogP contribution is 2.36. The smallest absolute Gasteiger partial charge is 0.329 e. The second-order valence-corrected chi connectivity index (χ2v) is 9.72. The first kappa shape index (κ1) is 25.8. The summed E-state index contributed by atoms with van der Waals surface area (Å²) in [5.74, 6) is -0.670. The first-order valence-corrected chi connectivity index (χ1v) is 12.3. The number of hydrogen-bond acceptors (Lipinski definition) is 4. The SMILES string of the molecule is Cc1ccc(NC(=O)CN2C(=O)N/C(=C/c3cc(Cl)c(OCc4ccc(Cl)cc4)c(Br)c3)C2=O)cc1. The predicted octanol–water partition coefficient (Wildman–Crippen LogP) is 6.17. The van der Waals surface area contributed by atoms with Gasteiger partial charge >= 0.3 is 6.03 Å². The minimum atomic E-state index is -0.682. The number of carbonyl (C=O) groups is 3. The van der Waals surface area contributed by atoms with Crippen LogP contribution in [0.1, 0.15) is 16.7 Å². The van der Waals surface area contributed by atoms with Crippen molar-refractivity contribution in [3.63, 3.8) is 0 Å². The summed E-state index contributed by atoms with van der Waals surface area (Å²) in [4.78, 5) is 38.4. The molecule has 1 aliphatic rings. The van der Waals surface area contributed by atoms with Crippen molar-refractivity contribution in [1.82, 2.24) is 10.2 Å². The van der Waals surface area contributed by atoms with Crippen molar-refractivity contribution in [3.8, 4) is 5.75 Å². The van der Waals surface area contributed by atoms with E-state index in [1.165, 1.54) is 6.08 Å². The van der Waals surface area contributed by atoms with Crippen LogP contribution in [-0.2, 0) is 16.2 Å². The lowest BCUT2D eigenvalue weighted by Crippen LogP contribution is -2.38. The molecule has 0 bridgehead atoms. The van der Waals surface area contributed by atoms with Crippen molar-refractivity contribution < 1.29 is 19.1 Å². The highest BCUT2D eigenvalue weighted by atomic mass is 79.9. The summed E-state index contributed by atoms with van der Waals surface area (Å²) in [6.07, 6.45) is 1.48. The number of benzene rings is 3. The normalized spacial score (nSPS) is 14.2. The van der Waals surface area contributed by atoms with Crippen molar-refractivity contribution in [3.05, 3.63) is 97.6 Å². The zero-order valence-electron chi connectivity index (χ0n) is 19.0. The summed E-state index contributed by atoms with van der Waals surface area (Å²) in [5, 5.41) is 6.12. The summed E-state index contributed by atoms with van der Waals surface area (Å²) in [6.45, 7) is 1.79. The van der Waals surface area contributed by atoms with Gasteiger partial charge in [0.1, 0.15) is 18.8 Å². The van der Waals surface area contributed by atoms with Gasteiger partial charge < -0.3 is 15.4 Å². The van der Waals surface area contributed by atoms with E-state index in [1.807, 2.05) is 31.2 Å². The predicted molar refractivity (Wildman–Crippen MR) is 143 cm³/mol. The Morgan fingerprint density at radius 3 is 2.44 bits per heavy atom. The van der Waals surface area contributed by atoms with Crippen molar-refractivity contribution in [2.75, 3.05) is 11.9 Å². The van der Waals surface area contributed by atoms with E-state index in [0.717, 1.165) is 16.0 Å². The zero-order valence-corrected chi connectivity index (χ0v) is 22.1. The third kappa shape index (κ3) is 6.26. The molecule has 36 heavy (non-hydrogen) atoms. The van der Waals surface area contributed by atoms with Crippen LogP contribution in [0.15, 0.2) is 70.8 Å². The van der Waals surface area contributed by atoms with Gasteiger partial charge in [-0.15, -0.1) is 0 Å². The van der Waals surface area contributed by atoms with E-state index < -0.39 is 24.4 Å². The molecular formula is C26H20BrCl2N3O4. The number of ether oxygens (including phenoxy) is 1. The fourth-order valence-corrected chi connectivity index (χ4v) is 4.51. The van der Waals surface area contributed by atoms with Crippen LogP contribution in [0.4, 0.5) is 10.5 Å². The summed E-state index contributed by atoms with van der Waals surface area (Å²) in [6, 6.07) is 17.1. The van der Waals surface area contributed by atoms with Crippen LogP contribution in [0.5, 0.6) is 5.75 Å². The van der Waals surface area contributed by atoms with E-state index in [4.69, 9.17) is 27.9 Å². The van der Waals surface area contributed by atoms with Crippen molar-refractivity contribution in [1.29, 1.82) is 0 Å². The van der Waals surface area contributed by atoms with Gasteiger partial charge in [-0.2, -0.15) is 0 Å². The van der Waals surface area contributed by atoms with Crippen LogP contribution in [0.3, 0.4) is 0 Å². The lowest BCUT2D eigenvalue weighted by atomic mass is 10.1. The zero-order chi connectivity index (χ0) is 25.8. The minimum Gasteiger partial charge on any atom is -0.486 e. The summed E-state index contributed by atoms with van der Waals surface area (Å²) >= 11 is 15.8. The Labute approximate surface area is 226 Å². The molecule has 0 saturated carbocycles. The number of carbonyl (C=O) groups excluding carboxylic acids is 3. The molecule has 1 fully saturated rings. The molecule has 1 saturated heterocycles. The molecule has 1 aliphatic heterocycles. The maximum Gasteiger partial charge on any atom is 0.329 e. The van der Waals surface area contributed by atoms with Crippen LogP contribution in [0.2, 0.25) is 10.0 Å². The Morgan fingerprint density at radius 1 is 1.08 bits per heavy atom. The molecule has 3 aromatic rings. The van der Waals surface area contributed by atoms with Crippen LogP contribution in [0, 0.1) is 6.92 Å². The molecule has 2 N–H and O–H groups in total. The van der Waals surface area contributed by atoms with Crippen LogP contribution >= 0.6 is 39.1 Å². The standard InChI is InChI=1S/C26H20BrCl2N3O4/c1-15-2-8-19(9-3-15)30-23(33)13-32-25(34)22(31-26(32)35)12-17-10-20(27)24(21(29)11-17)36-14-16-4-6-18(28)7-5-16/h2-12H,13-14H2,1H3,(H,30,33)(H,31,35)/b22-12+. The Balaban J connectivity index is 1.43. The number of urea groups is 1. The summed E-state index contributed by atoms with van der Waals surface area (Å²) < 4.78 is 6.41. The molecule has 4 amide bonds. The molecule has 0 radical (unpaired) electrons. The topological polar surface area (TPSA) is 87.7 Å². The molecule has 0 aromatic heterocycles.